The first-order chi connectivity index (χ1) is 7.58. The van der Waals surface area contributed by atoms with Crippen LogP contribution in [-0.4, -0.2) is 35.4 Å². The SMILES string of the molecule is CCC=CC(=O)OCCC[Si](C)(OC)OC. The summed E-state index contributed by atoms with van der Waals surface area (Å²) in [6.07, 6.45) is 4.86. The average Bonchev–Trinajstić information content (AvgIpc) is 2.31. The fraction of sp³-hybridized carbons (Fsp3) is 0.727. The van der Waals surface area contributed by atoms with E-state index in [9.17, 15) is 4.79 Å². The van der Waals surface area contributed by atoms with E-state index in [4.69, 9.17) is 13.6 Å². The number of carbonyl (C=O) groups excluding carboxylic acids is 1. The van der Waals surface area contributed by atoms with Crippen molar-refractivity contribution in [1.82, 2.24) is 0 Å². The van der Waals surface area contributed by atoms with Crippen LogP contribution >= 0.6 is 0 Å². The summed E-state index contributed by atoms with van der Waals surface area (Å²) in [6.45, 7) is 4.38. The van der Waals surface area contributed by atoms with Crippen LogP contribution < -0.4 is 0 Å². The van der Waals surface area contributed by atoms with E-state index < -0.39 is 8.56 Å². The Morgan fingerprint density at radius 3 is 2.44 bits per heavy atom. The third-order valence-corrected chi connectivity index (χ3v) is 5.36. The van der Waals surface area contributed by atoms with Crippen molar-refractivity contribution in [3.63, 3.8) is 0 Å². The van der Waals surface area contributed by atoms with Crippen LogP contribution in [0.15, 0.2) is 12.2 Å². The fourth-order valence-electron chi connectivity index (χ4n) is 1.12. The summed E-state index contributed by atoms with van der Waals surface area (Å²) in [4.78, 5) is 11.1. The molecule has 0 unspecified atom stereocenters. The first kappa shape index (κ1) is 15.3. The molecule has 4 nitrogen and oxygen atoms in total. The van der Waals surface area contributed by atoms with E-state index >= 15 is 0 Å². The fourth-order valence-corrected chi connectivity index (χ4v) is 2.48. The van der Waals surface area contributed by atoms with Crippen LogP contribution in [0.4, 0.5) is 0 Å². The zero-order valence-corrected chi connectivity index (χ0v) is 11.6. The number of hydrogen-bond acceptors (Lipinski definition) is 4. The van der Waals surface area contributed by atoms with Gasteiger partial charge in [-0.25, -0.2) is 4.79 Å². The molecule has 0 fully saturated rings. The lowest BCUT2D eigenvalue weighted by molar-refractivity contribution is -0.137. The maximum absolute atomic E-state index is 11.1. The van der Waals surface area contributed by atoms with Crippen LogP contribution in [0.3, 0.4) is 0 Å². The van der Waals surface area contributed by atoms with Crippen molar-refractivity contribution in [2.75, 3.05) is 20.8 Å². The van der Waals surface area contributed by atoms with Crippen molar-refractivity contribution in [1.29, 1.82) is 0 Å². The predicted octanol–water partition coefficient (Wildman–Crippen LogP) is 2.25. The second kappa shape index (κ2) is 8.49. The van der Waals surface area contributed by atoms with Gasteiger partial charge in [0.25, 0.3) is 0 Å². The number of esters is 1. The van der Waals surface area contributed by atoms with Gasteiger partial charge in [-0.2, -0.15) is 0 Å². The Labute approximate surface area is 98.8 Å². The molecule has 0 aliphatic heterocycles. The molecule has 0 amide bonds. The highest BCUT2D eigenvalue weighted by Gasteiger charge is 2.27. The van der Waals surface area contributed by atoms with Gasteiger partial charge in [-0.05, 0) is 25.4 Å². The molecule has 0 rings (SSSR count). The zero-order chi connectivity index (χ0) is 12.4. The lowest BCUT2D eigenvalue weighted by Crippen LogP contribution is -2.36. The Kier molecular flexibility index (Phi) is 8.15. The minimum Gasteiger partial charge on any atom is -0.463 e. The summed E-state index contributed by atoms with van der Waals surface area (Å²) in [5.74, 6) is -0.278. The summed E-state index contributed by atoms with van der Waals surface area (Å²) in [5.41, 5.74) is 0. The van der Waals surface area contributed by atoms with Crippen LogP contribution in [0.5, 0.6) is 0 Å². The van der Waals surface area contributed by atoms with E-state index in [0.29, 0.717) is 6.61 Å². The molecule has 0 N–H and O–H groups in total. The minimum absolute atomic E-state index is 0.278. The van der Waals surface area contributed by atoms with Gasteiger partial charge in [-0.1, -0.05) is 13.0 Å². The molecule has 0 saturated heterocycles. The van der Waals surface area contributed by atoms with Crippen molar-refractivity contribution >= 4 is 14.5 Å². The molecule has 0 aliphatic carbocycles. The van der Waals surface area contributed by atoms with Crippen molar-refractivity contribution < 1.29 is 18.4 Å². The van der Waals surface area contributed by atoms with Crippen LogP contribution in [0.2, 0.25) is 12.6 Å². The Hall–Kier alpha value is -0.653. The molecule has 0 bridgehead atoms. The van der Waals surface area contributed by atoms with Crippen LogP contribution in [0.25, 0.3) is 0 Å². The number of ether oxygens (including phenoxy) is 1. The molecule has 0 radical (unpaired) electrons. The molecule has 0 spiro atoms. The van der Waals surface area contributed by atoms with Gasteiger partial charge in [-0.3, -0.25) is 0 Å². The topological polar surface area (TPSA) is 44.8 Å². The number of carbonyl (C=O) groups is 1. The van der Waals surface area contributed by atoms with Crippen molar-refractivity contribution in [3.8, 4) is 0 Å². The van der Waals surface area contributed by atoms with Gasteiger partial charge in [0.15, 0.2) is 0 Å². The lowest BCUT2D eigenvalue weighted by atomic mass is 10.4. The molecule has 94 valence electrons. The van der Waals surface area contributed by atoms with Crippen molar-refractivity contribution in [3.05, 3.63) is 12.2 Å². The molecular formula is C11H22O4Si. The molecular weight excluding hydrogens is 224 g/mol. The van der Waals surface area contributed by atoms with Gasteiger partial charge in [0.2, 0.25) is 0 Å². The predicted molar refractivity (Wildman–Crippen MR) is 65.5 cm³/mol. The van der Waals surface area contributed by atoms with Crippen molar-refractivity contribution in [2.45, 2.75) is 32.4 Å². The summed E-state index contributed by atoms with van der Waals surface area (Å²) >= 11 is 0. The van der Waals surface area contributed by atoms with Crippen LogP contribution in [0.1, 0.15) is 19.8 Å². The smallest absolute Gasteiger partial charge is 0.334 e. The number of rotatable bonds is 8. The molecule has 0 aromatic carbocycles. The first-order valence-corrected chi connectivity index (χ1v) is 8.04. The van der Waals surface area contributed by atoms with Crippen LogP contribution in [0, 0.1) is 0 Å². The van der Waals surface area contributed by atoms with E-state index in [-0.39, 0.29) is 5.97 Å². The Morgan fingerprint density at radius 1 is 1.31 bits per heavy atom. The van der Waals surface area contributed by atoms with E-state index in [0.717, 1.165) is 18.9 Å². The van der Waals surface area contributed by atoms with E-state index in [1.54, 1.807) is 20.3 Å². The Morgan fingerprint density at radius 2 is 1.94 bits per heavy atom. The molecule has 0 aliphatic rings. The first-order valence-electron chi connectivity index (χ1n) is 5.51. The Bertz CT molecular complexity index is 224. The van der Waals surface area contributed by atoms with Crippen LogP contribution in [-0.2, 0) is 18.4 Å². The van der Waals surface area contributed by atoms with Gasteiger partial charge >= 0.3 is 14.5 Å². The third-order valence-electron chi connectivity index (χ3n) is 2.37. The van der Waals surface area contributed by atoms with E-state index in [1.165, 1.54) is 6.08 Å². The third kappa shape index (κ3) is 6.76. The average molecular weight is 246 g/mol. The quantitative estimate of drug-likeness (QED) is 0.285. The minimum atomic E-state index is -2.00. The van der Waals surface area contributed by atoms with E-state index in [1.807, 2.05) is 13.5 Å². The monoisotopic (exact) mass is 246 g/mol. The molecule has 0 heterocycles. The zero-order valence-electron chi connectivity index (χ0n) is 10.6. The molecule has 0 aromatic heterocycles. The standard InChI is InChI=1S/C11H22O4Si/c1-5-6-8-11(12)15-9-7-10-16(4,13-2)14-3/h6,8H,5,7,9-10H2,1-4H3. The van der Waals surface area contributed by atoms with Gasteiger partial charge in [0.05, 0.1) is 6.61 Å². The summed E-state index contributed by atoms with van der Waals surface area (Å²) in [5, 5.41) is 0. The molecule has 0 saturated carbocycles. The van der Waals surface area contributed by atoms with Crippen molar-refractivity contribution in [2.24, 2.45) is 0 Å². The van der Waals surface area contributed by atoms with Gasteiger partial charge in [0, 0.05) is 20.3 Å². The highest BCUT2D eigenvalue weighted by molar-refractivity contribution is 6.65. The van der Waals surface area contributed by atoms with E-state index in [2.05, 4.69) is 0 Å². The number of hydrogen-bond donors (Lipinski definition) is 0. The van der Waals surface area contributed by atoms with Gasteiger partial charge in [-0.15, -0.1) is 0 Å². The molecule has 0 atom stereocenters. The maximum atomic E-state index is 11.1. The summed E-state index contributed by atoms with van der Waals surface area (Å²) in [6, 6.07) is 0.824. The molecule has 0 aromatic rings. The second-order valence-electron chi connectivity index (χ2n) is 3.62. The lowest BCUT2D eigenvalue weighted by Gasteiger charge is -2.22. The second-order valence-corrected chi connectivity index (χ2v) is 7.21. The molecule has 5 heteroatoms. The summed E-state index contributed by atoms with van der Waals surface area (Å²) in [7, 11) is 1.31. The number of allylic oxidation sites excluding steroid dienone is 1. The van der Waals surface area contributed by atoms with Gasteiger partial charge < -0.3 is 13.6 Å². The normalized spacial score (nSPS) is 12.0. The molecule has 16 heavy (non-hydrogen) atoms. The maximum Gasteiger partial charge on any atom is 0.334 e. The van der Waals surface area contributed by atoms with Gasteiger partial charge in [0.1, 0.15) is 0 Å². The largest absolute Gasteiger partial charge is 0.463 e. The highest BCUT2D eigenvalue weighted by Crippen LogP contribution is 2.13. The Balaban J connectivity index is 3.67. The highest BCUT2D eigenvalue weighted by atomic mass is 28.4. The summed E-state index contributed by atoms with van der Waals surface area (Å²) < 4.78 is 15.7.